The van der Waals surface area contributed by atoms with Gasteiger partial charge in [0.1, 0.15) is 25.2 Å². The van der Waals surface area contributed by atoms with Crippen molar-refractivity contribution in [2.45, 2.75) is 92.1 Å². The van der Waals surface area contributed by atoms with Crippen LogP contribution in [0.2, 0.25) is 25.7 Å². The fourth-order valence-electron chi connectivity index (χ4n) is 5.60. The first kappa shape index (κ1) is 42.1. The zero-order valence-electron chi connectivity index (χ0n) is 32.4. The number of methoxy groups -OCH3 is 1. The Morgan fingerprint density at radius 1 is 0.923 bits per heavy atom. The van der Waals surface area contributed by atoms with Gasteiger partial charge in [0.05, 0.1) is 25.5 Å². The Bertz CT molecular complexity index is 1530. The molecule has 13 heteroatoms. The Hall–Kier alpha value is -4.36. The first-order chi connectivity index (χ1) is 24.9. The third-order valence-corrected chi connectivity index (χ3v) is 10.3. The molecule has 0 spiro atoms. The van der Waals surface area contributed by atoms with E-state index in [4.69, 9.17) is 19.2 Å². The van der Waals surface area contributed by atoms with Gasteiger partial charge in [0.15, 0.2) is 0 Å². The molecular formula is C39H60N6O6Si. The number of amides is 3. The fraction of sp³-hybridized carbons (Fsp3) is 0.538. The Kier molecular flexibility index (Phi) is 17.2. The number of imidazole rings is 1. The van der Waals surface area contributed by atoms with Crippen molar-refractivity contribution in [3.8, 4) is 11.3 Å². The van der Waals surface area contributed by atoms with E-state index in [0.29, 0.717) is 38.8 Å². The summed E-state index contributed by atoms with van der Waals surface area (Å²) < 4.78 is 18.5. The van der Waals surface area contributed by atoms with Crippen LogP contribution in [0.3, 0.4) is 0 Å². The molecule has 0 aliphatic carbocycles. The molecule has 2 aromatic carbocycles. The zero-order chi connectivity index (χ0) is 38.1. The molecule has 286 valence electrons. The lowest BCUT2D eigenvalue weighted by molar-refractivity contribution is -0.135. The van der Waals surface area contributed by atoms with E-state index in [-0.39, 0.29) is 25.0 Å². The Morgan fingerprint density at radius 3 is 2.23 bits per heavy atom. The van der Waals surface area contributed by atoms with Gasteiger partial charge in [-0.3, -0.25) is 4.79 Å². The van der Waals surface area contributed by atoms with E-state index in [2.05, 4.69) is 66.4 Å². The van der Waals surface area contributed by atoms with E-state index in [1.54, 1.807) is 4.90 Å². The van der Waals surface area contributed by atoms with E-state index in [1.807, 2.05) is 61.9 Å². The molecule has 3 rings (SSSR count). The van der Waals surface area contributed by atoms with Crippen molar-refractivity contribution in [2.24, 2.45) is 5.92 Å². The minimum atomic E-state index is -1.30. The van der Waals surface area contributed by atoms with Crippen molar-refractivity contribution >= 4 is 31.9 Å². The van der Waals surface area contributed by atoms with Gasteiger partial charge in [0, 0.05) is 46.5 Å². The molecule has 0 saturated carbocycles. The smallest absolute Gasteiger partial charge is 0.407 e. The van der Waals surface area contributed by atoms with E-state index in [9.17, 15) is 14.4 Å². The highest BCUT2D eigenvalue weighted by molar-refractivity contribution is 6.76. The van der Waals surface area contributed by atoms with Gasteiger partial charge in [-0.05, 0) is 48.1 Å². The van der Waals surface area contributed by atoms with Gasteiger partial charge in [0.25, 0.3) is 0 Å². The highest BCUT2D eigenvalue weighted by Gasteiger charge is 2.30. The van der Waals surface area contributed by atoms with Gasteiger partial charge in [0.2, 0.25) is 5.91 Å². The number of carbonyl (C=O) groups excluding carboxylic acids is 3. The number of ether oxygens (including phenoxy) is 3. The van der Waals surface area contributed by atoms with Crippen LogP contribution in [0, 0.1) is 5.92 Å². The minimum absolute atomic E-state index is 0.138. The van der Waals surface area contributed by atoms with Gasteiger partial charge in [-0.2, -0.15) is 0 Å². The zero-order valence-corrected chi connectivity index (χ0v) is 33.4. The summed E-state index contributed by atoms with van der Waals surface area (Å²) >= 11 is 0. The number of alkyl carbamates (subject to hydrolysis) is 2. The standard InChI is InChI=1S/C39H60N6O6Si/c1-9-21-43(23-20-40-38(47)51-28-31-14-12-11-13-15-31)33-18-16-32(17-19-33)34-26-41-35(45(34)29-50-24-25-52(6,7)8)27-44(22-10-2)37(46)36(30(3)4)42-39(48)49-5/h11-19,26,30,36H,9-10,20-25,27-29H2,1-8H3,(H,40,47)(H,42,48)/t36-/m0/s1. The predicted octanol–water partition coefficient (Wildman–Crippen LogP) is 7.12. The van der Waals surface area contributed by atoms with E-state index < -0.39 is 26.3 Å². The van der Waals surface area contributed by atoms with Gasteiger partial charge in [-0.1, -0.05) is 89.8 Å². The largest absolute Gasteiger partial charge is 0.453 e. The van der Waals surface area contributed by atoms with Gasteiger partial charge in [-0.15, -0.1) is 0 Å². The fourth-order valence-corrected chi connectivity index (χ4v) is 6.36. The summed E-state index contributed by atoms with van der Waals surface area (Å²) in [5.74, 6) is 0.380. The Morgan fingerprint density at radius 2 is 1.62 bits per heavy atom. The molecule has 0 unspecified atom stereocenters. The van der Waals surface area contributed by atoms with Crippen LogP contribution < -0.4 is 15.5 Å². The summed E-state index contributed by atoms with van der Waals surface area (Å²) in [5, 5.41) is 5.58. The van der Waals surface area contributed by atoms with Crippen LogP contribution in [0.4, 0.5) is 15.3 Å². The van der Waals surface area contributed by atoms with Crippen LogP contribution in [0.1, 0.15) is 51.9 Å². The molecular weight excluding hydrogens is 677 g/mol. The van der Waals surface area contributed by atoms with Crippen LogP contribution in [0.5, 0.6) is 0 Å². The highest BCUT2D eigenvalue weighted by atomic mass is 28.3. The van der Waals surface area contributed by atoms with Crippen molar-refractivity contribution in [1.82, 2.24) is 25.1 Å². The maximum atomic E-state index is 13.8. The number of nitrogens with one attached hydrogen (secondary N) is 2. The van der Waals surface area contributed by atoms with E-state index in [0.717, 1.165) is 47.9 Å². The SMILES string of the molecule is CCCN(Cc1ncc(-c2ccc(N(CCC)CCNC(=O)OCc3ccccc3)cc2)n1COCC[Si](C)(C)C)C(=O)[C@@H](NC(=O)OC)C(C)C. The van der Waals surface area contributed by atoms with Crippen LogP contribution >= 0.6 is 0 Å². The van der Waals surface area contributed by atoms with Crippen molar-refractivity contribution < 1.29 is 28.6 Å². The maximum absolute atomic E-state index is 13.8. The van der Waals surface area contributed by atoms with Gasteiger partial charge < -0.3 is 39.2 Å². The second-order valence-corrected chi connectivity index (χ2v) is 20.1. The summed E-state index contributed by atoms with van der Waals surface area (Å²) in [7, 11) is -0.0124. The van der Waals surface area contributed by atoms with Gasteiger partial charge >= 0.3 is 12.2 Å². The number of hydrogen-bond acceptors (Lipinski definition) is 8. The molecule has 1 aromatic heterocycles. The average Bonchev–Trinajstić information content (AvgIpc) is 3.52. The normalized spacial score (nSPS) is 11.9. The third kappa shape index (κ3) is 13.6. The van der Waals surface area contributed by atoms with Crippen molar-refractivity contribution in [3.63, 3.8) is 0 Å². The number of benzene rings is 2. The number of nitrogens with zero attached hydrogens (tertiary/aromatic N) is 4. The molecule has 0 aliphatic rings. The van der Waals surface area contributed by atoms with E-state index in [1.165, 1.54) is 7.11 Å². The molecule has 0 bridgehead atoms. The molecule has 1 heterocycles. The van der Waals surface area contributed by atoms with Crippen molar-refractivity contribution in [2.75, 3.05) is 44.8 Å². The minimum Gasteiger partial charge on any atom is -0.453 e. The monoisotopic (exact) mass is 736 g/mol. The topological polar surface area (TPSA) is 127 Å². The van der Waals surface area contributed by atoms with E-state index >= 15 is 0 Å². The third-order valence-electron chi connectivity index (χ3n) is 8.57. The first-order valence-electron chi connectivity index (χ1n) is 18.4. The second-order valence-electron chi connectivity index (χ2n) is 14.5. The molecule has 12 nitrogen and oxygen atoms in total. The lowest BCUT2D eigenvalue weighted by Crippen LogP contribution is -2.51. The maximum Gasteiger partial charge on any atom is 0.407 e. The van der Waals surface area contributed by atoms with Crippen molar-refractivity contribution in [1.29, 1.82) is 0 Å². The van der Waals surface area contributed by atoms with Crippen LogP contribution in [0.15, 0.2) is 60.8 Å². The molecule has 3 amide bonds. The second kappa shape index (κ2) is 21.2. The molecule has 2 N–H and O–H groups in total. The van der Waals surface area contributed by atoms with Crippen LogP contribution in [0.25, 0.3) is 11.3 Å². The summed E-state index contributed by atoms with van der Waals surface area (Å²) in [6.07, 6.45) is 2.45. The quantitative estimate of drug-likeness (QED) is 0.0875. The number of aromatic nitrogens is 2. The lowest BCUT2D eigenvalue weighted by atomic mass is 10.0. The number of anilines is 1. The number of carbonyl (C=O) groups is 3. The average molecular weight is 737 g/mol. The van der Waals surface area contributed by atoms with Crippen LogP contribution in [-0.4, -0.2) is 86.6 Å². The summed E-state index contributed by atoms with van der Waals surface area (Å²) in [5.41, 5.74) is 3.84. The first-order valence-corrected chi connectivity index (χ1v) is 22.1. The van der Waals surface area contributed by atoms with Crippen molar-refractivity contribution in [3.05, 3.63) is 72.2 Å². The number of rotatable bonds is 21. The lowest BCUT2D eigenvalue weighted by Gasteiger charge is -2.29. The molecule has 0 fully saturated rings. The summed E-state index contributed by atoms with van der Waals surface area (Å²) in [4.78, 5) is 47.0. The molecule has 0 radical (unpaired) electrons. The molecule has 52 heavy (non-hydrogen) atoms. The molecule has 0 saturated heterocycles. The summed E-state index contributed by atoms with van der Waals surface area (Å²) in [6, 6.07) is 18.2. The molecule has 3 aromatic rings. The highest BCUT2D eigenvalue weighted by Crippen LogP contribution is 2.26. The predicted molar refractivity (Wildman–Crippen MR) is 209 cm³/mol. The molecule has 0 aliphatic heterocycles. The Balaban J connectivity index is 1.79. The Labute approximate surface area is 311 Å². The summed E-state index contributed by atoms with van der Waals surface area (Å²) in [6.45, 7) is 18.8. The molecule has 1 atom stereocenters. The van der Waals surface area contributed by atoms with Gasteiger partial charge in [-0.25, -0.2) is 14.6 Å². The number of hydrogen-bond donors (Lipinski definition) is 2. The van der Waals surface area contributed by atoms with Crippen LogP contribution in [-0.2, 0) is 38.9 Å².